The molecule has 0 spiro atoms. The molecule has 0 aromatic heterocycles. The van der Waals surface area contributed by atoms with E-state index < -0.39 is 0 Å². The molecule has 3 nitrogen and oxygen atoms in total. The van der Waals surface area contributed by atoms with Crippen molar-refractivity contribution in [2.45, 2.75) is 25.9 Å². The Hall–Kier alpha value is -0.380. The molecule has 1 aliphatic rings. The molecule has 0 saturated carbocycles. The lowest BCUT2D eigenvalue weighted by atomic mass is 10.1. The van der Waals surface area contributed by atoms with Gasteiger partial charge in [0.05, 0.1) is 0 Å². The zero-order valence-electron chi connectivity index (χ0n) is 10.4. The van der Waals surface area contributed by atoms with Crippen molar-refractivity contribution in [3.05, 3.63) is 12.7 Å². The van der Waals surface area contributed by atoms with Crippen LogP contribution in [0.1, 0.15) is 13.8 Å². The van der Waals surface area contributed by atoms with E-state index in [-0.39, 0.29) is 0 Å². The average Bonchev–Trinajstić information content (AvgIpc) is 2.22. The topological polar surface area (TPSA) is 18.5 Å². The molecule has 3 heteroatoms. The summed E-state index contributed by atoms with van der Waals surface area (Å²) >= 11 is 0. The van der Waals surface area contributed by atoms with Crippen LogP contribution in [0.3, 0.4) is 0 Å². The van der Waals surface area contributed by atoms with Gasteiger partial charge in [0.2, 0.25) is 0 Å². The fraction of sp³-hybridized carbons (Fsp3) is 0.833. The molecular weight excluding hydrogens is 186 g/mol. The molecule has 0 radical (unpaired) electrons. The van der Waals surface area contributed by atoms with Gasteiger partial charge >= 0.3 is 0 Å². The van der Waals surface area contributed by atoms with Gasteiger partial charge in [-0.1, -0.05) is 6.08 Å². The molecule has 2 atom stereocenters. The standard InChI is InChI=1S/C12H25N3/c1-5-6-13-9-11(2)15-8-7-14(4)12(3)10-15/h5,11-13H,1,6-10H2,2-4H3. The van der Waals surface area contributed by atoms with Crippen molar-refractivity contribution in [2.24, 2.45) is 0 Å². The van der Waals surface area contributed by atoms with Crippen LogP contribution in [0.2, 0.25) is 0 Å². The Morgan fingerprint density at radius 1 is 1.53 bits per heavy atom. The number of rotatable bonds is 5. The van der Waals surface area contributed by atoms with Crippen molar-refractivity contribution in [1.82, 2.24) is 15.1 Å². The van der Waals surface area contributed by atoms with Crippen LogP contribution in [-0.4, -0.2) is 61.7 Å². The number of likely N-dealkylation sites (N-methyl/N-ethyl adjacent to an activating group) is 1. The Balaban J connectivity index is 2.27. The van der Waals surface area contributed by atoms with E-state index >= 15 is 0 Å². The van der Waals surface area contributed by atoms with Crippen LogP contribution in [0.25, 0.3) is 0 Å². The highest BCUT2D eigenvalue weighted by atomic mass is 15.3. The predicted molar refractivity (Wildman–Crippen MR) is 66.2 cm³/mol. The lowest BCUT2D eigenvalue weighted by molar-refractivity contribution is 0.0776. The average molecular weight is 211 g/mol. The van der Waals surface area contributed by atoms with Crippen LogP contribution in [0, 0.1) is 0 Å². The Morgan fingerprint density at radius 2 is 2.27 bits per heavy atom. The monoisotopic (exact) mass is 211 g/mol. The van der Waals surface area contributed by atoms with Gasteiger partial charge < -0.3 is 10.2 Å². The van der Waals surface area contributed by atoms with Gasteiger partial charge in [-0.3, -0.25) is 4.90 Å². The number of nitrogens with zero attached hydrogens (tertiary/aromatic N) is 2. The van der Waals surface area contributed by atoms with Gasteiger partial charge in [-0.2, -0.15) is 0 Å². The number of hydrogen-bond donors (Lipinski definition) is 1. The summed E-state index contributed by atoms with van der Waals surface area (Å²) in [6, 6.07) is 1.31. The fourth-order valence-electron chi connectivity index (χ4n) is 2.00. The summed E-state index contributed by atoms with van der Waals surface area (Å²) in [5.41, 5.74) is 0. The minimum atomic E-state index is 0.626. The van der Waals surface area contributed by atoms with Crippen molar-refractivity contribution in [3.63, 3.8) is 0 Å². The quantitative estimate of drug-likeness (QED) is 0.536. The molecule has 0 aliphatic carbocycles. The highest BCUT2D eigenvalue weighted by molar-refractivity contribution is 4.81. The van der Waals surface area contributed by atoms with E-state index in [4.69, 9.17) is 0 Å². The summed E-state index contributed by atoms with van der Waals surface area (Å²) in [6.07, 6.45) is 1.92. The second-order valence-electron chi connectivity index (χ2n) is 4.62. The Morgan fingerprint density at radius 3 is 2.87 bits per heavy atom. The molecule has 1 N–H and O–H groups in total. The first-order valence-corrected chi connectivity index (χ1v) is 5.91. The number of nitrogens with one attached hydrogen (secondary N) is 1. The third-order valence-corrected chi connectivity index (χ3v) is 3.34. The first-order chi connectivity index (χ1) is 7.15. The Bertz CT molecular complexity index is 193. The van der Waals surface area contributed by atoms with Crippen molar-refractivity contribution in [1.29, 1.82) is 0 Å². The fourth-order valence-corrected chi connectivity index (χ4v) is 2.00. The summed E-state index contributed by atoms with van der Waals surface area (Å²) in [6.45, 7) is 13.8. The molecule has 88 valence electrons. The third-order valence-electron chi connectivity index (χ3n) is 3.34. The second kappa shape index (κ2) is 6.26. The van der Waals surface area contributed by atoms with Crippen molar-refractivity contribution < 1.29 is 0 Å². The summed E-state index contributed by atoms with van der Waals surface area (Å²) in [5, 5.41) is 3.38. The highest BCUT2D eigenvalue weighted by Gasteiger charge is 2.23. The van der Waals surface area contributed by atoms with Gasteiger partial charge in [-0.25, -0.2) is 0 Å². The molecular formula is C12H25N3. The van der Waals surface area contributed by atoms with E-state index in [1.807, 2.05) is 6.08 Å². The molecule has 0 aromatic carbocycles. The van der Waals surface area contributed by atoms with Crippen LogP contribution < -0.4 is 5.32 Å². The van der Waals surface area contributed by atoms with Crippen LogP contribution >= 0.6 is 0 Å². The van der Waals surface area contributed by atoms with Gasteiger partial charge in [0, 0.05) is 44.8 Å². The largest absolute Gasteiger partial charge is 0.312 e. The minimum absolute atomic E-state index is 0.626. The predicted octanol–water partition coefficient (Wildman–Crippen LogP) is 0.786. The van der Waals surface area contributed by atoms with Crippen molar-refractivity contribution in [3.8, 4) is 0 Å². The van der Waals surface area contributed by atoms with E-state index in [1.54, 1.807) is 0 Å². The molecule has 1 aliphatic heterocycles. The molecule has 0 aromatic rings. The molecule has 0 amide bonds. The summed E-state index contributed by atoms with van der Waals surface area (Å²) in [4.78, 5) is 5.00. The maximum Gasteiger partial charge on any atom is 0.0193 e. The molecule has 2 unspecified atom stereocenters. The minimum Gasteiger partial charge on any atom is -0.312 e. The molecule has 1 saturated heterocycles. The van der Waals surface area contributed by atoms with Crippen LogP contribution in [-0.2, 0) is 0 Å². The van der Waals surface area contributed by atoms with Gasteiger partial charge in [0.1, 0.15) is 0 Å². The van der Waals surface area contributed by atoms with Gasteiger partial charge in [0.25, 0.3) is 0 Å². The smallest absolute Gasteiger partial charge is 0.0193 e. The molecule has 1 fully saturated rings. The maximum atomic E-state index is 3.71. The zero-order chi connectivity index (χ0) is 11.3. The van der Waals surface area contributed by atoms with Crippen LogP contribution in [0.5, 0.6) is 0 Å². The lowest BCUT2D eigenvalue weighted by Crippen LogP contribution is -2.54. The van der Waals surface area contributed by atoms with Crippen LogP contribution in [0.4, 0.5) is 0 Å². The molecule has 1 heterocycles. The van der Waals surface area contributed by atoms with E-state index in [2.05, 4.69) is 42.6 Å². The maximum absolute atomic E-state index is 3.71. The van der Waals surface area contributed by atoms with Gasteiger partial charge in [0.15, 0.2) is 0 Å². The lowest BCUT2D eigenvalue weighted by Gasteiger charge is -2.40. The molecule has 15 heavy (non-hydrogen) atoms. The van der Waals surface area contributed by atoms with Crippen molar-refractivity contribution >= 4 is 0 Å². The summed E-state index contributed by atoms with van der Waals surface area (Å²) in [7, 11) is 2.21. The first kappa shape index (κ1) is 12.7. The zero-order valence-corrected chi connectivity index (χ0v) is 10.4. The molecule has 1 rings (SSSR count). The van der Waals surface area contributed by atoms with Crippen LogP contribution in [0.15, 0.2) is 12.7 Å². The van der Waals surface area contributed by atoms with E-state index in [0.29, 0.717) is 12.1 Å². The Kier molecular flexibility index (Phi) is 5.29. The third kappa shape index (κ3) is 3.93. The number of piperazine rings is 1. The Labute approximate surface area is 94.1 Å². The number of hydrogen-bond acceptors (Lipinski definition) is 3. The normalized spacial score (nSPS) is 26.5. The van der Waals surface area contributed by atoms with Gasteiger partial charge in [-0.15, -0.1) is 6.58 Å². The highest BCUT2D eigenvalue weighted by Crippen LogP contribution is 2.09. The summed E-state index contributed by atoms with van der Waals surface area (Å²) < 4.78 is 0. The van der Waals surface area contributed by atoms with E-state index in [9.17, 15) is 0 Å². The summed E-state index contributed by atoms with van der Waals surface area (Å²) in [5.74, 6) is 0. The molecule has 0 bridgehead atoms. The first-order valence-electron chi connectivity index (χ1n) is 5.91. The van der Waals surface area contributed by atoms with Gasteiger partial charge in [-0.05, 0) is 20.9 Å². The van der Waals surface area contributed by atoms with Crippen molar-refractivity contribution in [2.75, 3.05) is 39.8 Å². The van der Waals surface area contributed by atoms with E-state index in [1.165, 1.54) is 19.6 Å². The second-order valence-corrected chi connectivity index (χ2v) is 4.62. The van der Waals surface area contributed by atoms with E-state index in [0.717, 1.165) is 13.1 Å². The SMILES string of the molecule is C=CCNCC(C)N1CCN(C)C(C)C1.